The third-order valence-electron chi connectivity index (χ3n) is 2.34. The summed E-state index contributed by atoms with van der Waals surface area (Å²) in [5, 5.41) is 0. The molecule has 0 atom stereocenters. The first-order chi connectivity index (χ1) is 8.81. The zero-order valence-corrected chi connectivity index (χ0v) is 12.4. The molecule has 0 amide bonds. The Morgan fingerprint density at radius 3 is 1.79 bits per heavy atom. The molecule has 0 aliphatic heterocycles. The second-order valence-electron chi connectivity index (χ2n) is 3.91. The number of halogens is 5. The first-order valence-electron chi connectivity index (χ1n) is 5.34. The standard InChI is InChI=1S/C7H5F2I.C7H6F2/c1-4-2-7(10)6(9)3-5(4)8;1-5-2-3-6(8)4-7(5)9/h2-3H,1H3;2-4H,1H3. The molecule has 0 fully saturated rings. The van der Waals surface area contributed by atoms with Crippen LogP contribution in [0.3, 0.4) is 0 Å². The molecule has 2 rings (SSSR count). The Morgan fingerprint density at radius 1 is 0.737 bits per heavy atom. The van der Waals surface area contributed by atoms with Crippen LogP contribution in [0.1, 0.15) is 11.1 Å². The van der Waals surface area contributed by atoms with E-state index in [0.29, 0.717) is 14.7 Å². The number of benzene rings is 2. The second kappa shape index (κ2) is 6.88. The van der Waals surface area contributed by atoms with E-state index in [1.165, 1.54) is 18.2 Å². The van der Waals surface area contributed by atoms with Crippen LogP contribution < -0.4 is 0 Å². The Morgan fingerprint density at radius 2 is 1.32 bits per heavy atom. The normalized spacial score (nSPS) is 9.84. The number of aryl methyl sites for hydroxylation is 2. The summed E-state index contributed by atoms with van der Waals surface area (Å²) in [7, 11) is 0. The molecular formula is C14H11F4I. The van der Waals surface area contributed by atoms with Crippen molar-refractivity contribution in [2.24, 2.45) is 0 Å². The van der Waals surface area contributed by atoms with Gasteiger partial charge in [0, 0.05) is 15.7 Å². The van der Waals surface area contributed by atoms with Gasteiger partial charge < -0.3 is 0 Å². The van der Waals surface area contributed by atoms with Crippen molar-refractivity contribution >= 4 is 22.6 Å². The number of hydrogen-bond donors (Lipinski definition) is 0. The van der Waals surface area contributed by atoms with Crippen molar-refractivity contribution in [1.29, 1.82) is 0 Å². The van der Waals surface area contributed by atoms with E-state index < -0.39 is 23.3 Å². The molecule has 0 bridgehead atoms. The molecule has 2 aromatic carbocycles. The summed E-state index contributed by atoms with van der Waals surface area (Å²) in [6.45, 7) is 3.20. The van der Waals surface area contributed by atoms with Crippen LogP contribution in [0.15, 0.2) is 30.3 Å². The summed E-state index contributed by atoms with van der Waals surface area (Å²) >= 11 is 1.82. The monoisotopic (exact) mass is 382 g/mol. The van der Waals surface area contributed by atoms with Gasteiger partial charge in [0.2, 0.25) is 0 Å². The van der Waals surface area contributed by atoms with E-state index in [-0.39, 0.29) is 0 Å². The van der Waals surface area contributed by atoms with Gasteiger partial charge >= 0.3 is 0 Å². The van der Waals surface area contributed by atoms with E-state index in [0.717, 1.165) is 12.1 Å². The van der Waals surface area contributed by atoms with Crippen molar-refractivity contribution in [2.75, 3.05) is 0 Å². The van der Waals surface area contributed by atoms with Gasteiger partial charge in [-0.05, 0) is 59.7 Å². The van der Waals surface area contributed by atoms with Crippen LogP contribution in [-0.4, -0.2) is 0 Å². The molecule has 0 N–H and O–H groups in total. The Balaban J connectivity index is 0.000000191. The van der Waals surface area contributed by atoms with Crippen molar-refractivity contribution < 1.29 is 17.6 Å². The lowest BCUT2D eigenvalue weighted by atomic mass is 10.2. The minimum absolute atomic E-state index is 0.455. The molecule has 0 heterocycles. The molecule has 0 spiro atoms. The van der Waals surface area contributed by atoms with Crippen molar-refractivity contribution in [1.82, 2.24) is 0 Å². The SMILES string of the molecule is Cc1cc(I)c(F)cc1F.Cc1ccc(F)cc1F. The van der Waals surface area contributed by atoms with Crippen LogP contribution in [0.2, 0.25) is 0 Å². The highest BCUT2D eigenvalue weighted by molar-refractivity contribution is 14.1. The third kappa shape index (κ3) is 4.81. The Hall–Kier alpha value is -1.11. The fourth-order valence-electron chi connectivity index (χ4n) is 1.19. The van der Waals surface area contributed by atoms with Gasteiger partial charge in [-0.3, -0.25) is 0 Å². The molecule has 0 saturated carbocycles. The van der Waals surface area contributed by atoms with Crippen molar-refractivity contribution in [2.45, 2.75) is 13.8 Å². The summed E-state index contributed by atoms with van der Waals surface area (Å²) in [4.78, 5) is 0. The summed E-state index contributed by atoms with van der Waals surface area (Å²) in [6, 6.07) is 5.89. The molecule has 0 saturated heterocycles. The topological polar surface area (TPSA) is 0 Å². The van der Waals surface area contributed by atoms with Crippen LogP contribution in [0.5, 0.6) is 0 Å². The van der Waals surface area contributed by atoms with Gasteiger partial charge in [-0.15, -0.1) is 0 Å². The number of rotatable bonds is 0. The largest absolute Gasteiger partial charge is 0.207 e. The third-order valence-corrected chi connectivity index (χ3v) is 3.16. The maximum atomic E-state index is 12.5. The van der Waals surface area contributed by atoms with Crippen molar-refractivity contribution in [3.05, 3.63) is 68.3 Å². The van der Waals surface area contributed by atoms with Gasteiger partial charge in [0.25, 0.3) is 0 Å². The summed E-state index contributed by atoms with van der Waals surface area (Å²) in [5.74, 6) is -2.00. The second-order valence-corrected chi connectivity index (χ2v) is 5.07. The van der Waals surface area contributed by atoms with Gasteiger partial charge in [-0.25, -0.2) is 17.6 Å². The van der Waals surface area contributed by atoms with Crippen LogP contribution in [-0.2, 0) is 0 Å². The molecule has 0 nitrogen and oxygen atoms in total. The average molecular weight is 382 g/mol. The summed E-state index contributed by atoms with van der Waals surface area (Å²) in [5.41, 5.74) is 0.946. The van der Waals surface area contributed by atoms with Crippen LogP contribution in [0.25, 0.3) is 0 Å². The lowest BCUT2D eigenvalue weighted by Crippen LogP contribution is -1.87. The summed E-state index contributed by atoms with van der Waals surface area (Å²) in [6.07, 6.45) is 0. The van der Waals surface area contributed by atoms with E-state index in [4.69, 9.17) is 0 Å². The molecule has 102 valence electrons. The predicted octanol–water partition coefficient (Wildman–Crippen LogP) is 5.15. The highest BCUT2D eigenvalue weighted by atomic mass is 127. The minimum atomic E-state index is -0.530. The van der Waals surface area contributed by atoms with Gasteiger partial charge in [0.15, 0.2) is 0 Å². The quantitative estimate of drug-likeness (QED) is 0.336. The molecule has 0 aromatic heterocycles. The fraction of sp³-hybridized carbons (Fsp3) is 0.143. The van der Waals surface area contributed by atoms with Gasteiger partial charge in [0.1, 0.15) is 23.3 Å². The maximum Gasteiger partial charge on any atom is 0.139 e. The zero-order valence-electron chi connectivity index (χ0n) is 10.3. The van der Waals surface area contributed by atoms with Crippen LogP contribution in [0.4, 0.5) is 17.6 Å². The van der Waals surface area contributed by atoms with E-state index in [1.54, 1.807) is 13.8 Å². The Bertz CT molecular complexity index is 532. The fourth-order valence-corrected chi connectivity index (χ4v) is 1.81. The van der Waals surface area contributed by atoms with Gasteiger partial charge in [-0.2, -0.15) is 0 Å². The van der Waals surface area contributed by atoms with E-state index in [9.17, 15) is 17.6 Å². The maximum absolute atomic E-state index is 12.5. The molecule has 2 aromatic rings. The Kier molecular flexibility index (Phi) is 5.78. The first-order valence-corrected chi connectivity index (χ1v) is 6.42. The lowest BCUT2D eigenvalue weighted by Gasteiger charge is -1.97. The highest BCUT2D eigenvalue weighted by Crippen LogP contribution is 2.15. The smallest absolute Gasteiger partial charge is 0.139 e. The van der Waals surface area contributed by atoms with Gasteiger partial charge in [0.05, 0.1) is 0 Å². The molecular weight excluding hydrogens is 371 g/mol. The van der Waals surface area contributed by atoms with E-state index >= 15 is 0 Å². The Labute approximate surface area is 122 Å². The predicted molar refractivity (Wildman–Crippen MR) is 74.9 cm³/mol. The zero-order chi connectivity index (χ0) is 14.6. The highest BCUT2D eigenvalue weighted by Gasteiger charge is 2.02. The molecule has 0 aliphatic carbocycles. The average Bonchev–Trinajstić information content (AvgIpc) is 2.33. The number of hydrogen-bond acceptors (Lipinski definition) is 0. The summed E-state index contributed by atoms with van der Waals surface area (Å²) < 4.78 is 49.9. The van der Waals surface area contributed by atoms with E-state index in [2.05, 4.69) is 0 Å². The molecule has 0 unspecified atom stereocenters. The van der Waals surface area contributed by atoms with Gasteiger partial charge in [-0.1, -0.05) is 6.07 Å². The first kappa shape index (κ1) is 15.9. The van der Waals surface area contributed by atoms with Crippen LogP contribution >= 0.6 is 22.6 Å². The molecule has 5 heteroatoms. The van der Waals surface area contributed by atoms with Crippen LogP contribution in [0, 0.1) is 40.7 Å². The molecule has 0 aliphatic rings. The lowest BCUT2D eigenvalue weighted by molar-refractivity contribution is 0.572. The van der Waals surface area contributed by atoms with Crippen molar-refractivity contribution in [3.63, 3.8) is 0 Å². The molecule has 0 radical (unpaired) electrons. The minimum Gasteiger partial charge on any atom is -0.207 e. The van der Waals surface area contributed by atoms with Crippen molar-refractivity contribution in [3.8, 4) is 0 Å². The van der Waals surface area contributed by atoms with E-state index in [1.807, 2.05) is 22.6 Å². The molecule has 19 heavy (non-hydrogen) atoms.